The van der Waals surface area contributed by atoms with Crippen LogP contribution >= 0.6 is 0 Å². The first-order chi connectivity index (χ1) is 11.2. The zero-order chi connectivity index (χ0) is 16.5. The number of carbonyl (C=O) groups is 1. The first kappa shape index (κ1) is 17.8. The highest BCUT2D eigenvalue weighted by Crippen LogP contribution is 2.20. The Morgan fingerprint density at radius 2 is 2.35 bits per heavy atom. The van der Waals surface area contributed by atoms with Crippen LogP contribution in [0.4, 0.5) is 0 Å². The Labute approximate surface area is 139 Å². The van der Waals surface area contributed by atoms with Gasteiger partial charge >= 0.3 is 0 Å². The van der Waals surface area contributed by atoms with Gasteiger partial charge in [-0.05, 0) is 43.5 Å². The van der Waals surface area contributed by atoms with Gasteiger partial charge in [0, 0.05) is 26.2 Å². The molecule has 1 aromatic carbocycles. The lowest BCUT2D eigenvalue weighted by Crippen LogP contribution is -2.43. The second-order valence-corrected chi connectivity index (χ2v) is 6.15. The van der Waals surface area contributed by atoms with Crippen molar-refractivity contribution in [2.24, 2.45) is 11.7 Å². The number of nitrogens with two attached hydrogens (primary N) is 1. The molecule has 2 rings (SSSR count). The number of likely N-dealkylation sites (tertiary alicyclic amines) is 1. The minimum absolute atomic E-state index is 0.0785. The molecule has 0 saturated carbocycles. The lowest BCUT2D eigenvalue weighted by molar-refractivity contribution is -0.126. The fourth-order valence-electron chi connectivity index (χ4n) is 2.96. The van der Waals surface area contributed by atoms with Gasteiger partial charge < -0.3 is 15.8 Å². The Bertz CT molecular complexity index is 493. The topological polar surface area (TPSA) is 67.6 Å². The fourth-order valence-corrected chi connectivity index (χ4v) is 2.96. The summed E-state index contributed by atoms with van der Waals surface area (Å²) in [5.41, 5.74) is 6.69. The molecule has 0 bridgehead atoms. The molecular weight excluding hydrogens is 290 g/mol. The van der Waals surface area contributed by atoms with Gasteiger partial charge in [0.2, 0.25) is 5.91 Å². The van der Waals surface area contributed by atoms with Crippen LogP contribution in [0.1, 0.15) is 31.7 Å². The van der Waals surface area contributed by atoms with Gasteiger partial charge in [0.05, 0.1) is 12.5 Å². The first-order valence-electron chi connectivity index (χ1n) is 8.64. The van der Waals surface area contributed by atoms with Crippen molar-refractivity contribution < 1.29 is 9.53 Å². The first-order valence-corrected chi connectivity index (χ1v) is 8.64. The quantitative estimate of drug-likeness (QED) is 0.766. The van der Waals surface area contributed by atoms with E-state index in [0.29, 0.717) is 13.1 Å². The molecule has 1 heterocycles. The minimum Gasteiger partial charge on any atom is -0.494 e. The SMILES string of the molecule is CCCOc1cccc(CN2CCCC(C(=O)NCCN)C2)c1. The molecule has 1 aliphatic heterocycles. The van der Waals surface area contributed by atoms with Crippen molar-refractivity contribution >= 4 is 5.91 Å². The predicted molar refractivity (Wildman–Crippen MR) is 92.3 cm³/mol. The summed E-state index contributed by atoms with van der Waals surface area (Å²) in [6, 6.07) is 8.26. The molecule has 1 fully saturated rings. The Hall–Kier alpha value is -1.59. The van der Waals surface area contributed by atoms with Crippen LogP contribution in [0, 0.1) is 5.92 Å². The maximum Gasteiger partial charge on any atom is 0.224 e. The van der Waals surface area contributed by atoms with Crippen LogP contribution in [-0.2, 0) is 11.3 Å². The summed E-state index contributed by atoms with van der Waals surface area (Å²) in [7, 11) is 0. The van der Waals surface area contributed by atoms with E-state index in [1.807, 2.05) is 12.1 Å². The van der Waals surface area contributed by atoms with Crippen molar-refractivity contribution in [1.82, 2.24) is 10.2 Å². The maximum absolute atomic E-state index is 12.1. The van der Waals surface area contributed by atoms with E-state index >= 15 is 0 Å². The number of rotatable bonds is 8. The van der Waals surface area contributed by atoms with Gasteiger partial charge in [-0.1, -0.05) is 19.1 Å². The van der Waals surface area contributed by atoms with Crippen molar-refractivity contribution in [3.05, 3.63) is 29.8 Å². The summed E-state index contributed by atoms with van der Waals surface area (Å²) in [6.45, 7) is 6.63. The molecule has 0 aliphatic carbocycles. The average molecular weight is 319 g/mol. The molecule has 1 unspecified atom stereocenters. The van der Waals surface area contributed by atoms with Crippen molar-refractivity contribution in [1.29, 1.82) is 0 Å². The van der Waals surface area contributed by atoms with Crippen LogP contribution in [0.2, 0.25) is 0 Å². The normalized spacial score (nSPS) is 18.6. The molecule has 1 aliphatic rings. The third kappa shape index (κ3) is 5.84. The summed E-state index contributed by atoms with van der Waals surface area (Å²) < 4.78 is 5.69. The van der Waals surface area contributed by atoms with Crippen molar-refractivity contribution in [2.45, 2.75) is 32.7 Å². The summed E-state index contributed by atoms with van der Waals surface area (Å²) in [4.78, 5) is 14.5. The van der Waals surface area contributed by atoms with Gasteiger partial charge in [0.25, 0.3) is 0 Å². The molecule has 0 aromatic heterocycles. The number of carbonyl (C=O) groups excluding carboxylic acids is 1. The van der Waals surface area contributed by atoms with Crippen molar-refractivity contribution in [2.75, 3.05) is 32.8 Å². The van der Waals surface area contributed by atoms with E-state index in [1.165, 1.54) is 5.56 Å². The molecule has 128 valence electrons. The highest BCUT2D eigenvalue weighted by atomic mass is 16.5. The molecule has 23 heavy (non-hydrogen) atoms. The minimum atomic E-state index is 0.0785. The number of benzene rings is 1. The van der Waals surface area contributed by atoms with Crippen LogP contribution < -0.4 is 15.8 Å². The van der Waals surface area contributed by atoms with Gasteiger partial charge in [-0.2, -0.15) is 0 Å². The second kappa shape index (κ2) is 9.53. The van der Waals surface area contributed by atoms with Crippen LogP contribution in [0.15, 0.2) is 24.3 Å². The van der Waals surface area contributed by atoms with Gasteiger partial charge in [-0.25, -0.2) is 0 Å². The van der Waals surface area contributed by atoms with Crippen molar-refractivity contribution in [3.63, 3.8) is 0 Å². The Morgan fingerprint density at radius 3 is 3.13 bits per heavy atom. The zero-order valence-electron chi connectivity index (χ0n) is 14.1. The summed E-state index contributed by atoms with van der Waals surface area (Å²) in [6.07, 6.45) is 3.04. The van der Waals surface area contributed by atoms with E-state index in [9.17, 15) is 4.79 Å². The zero-order valence-corrected chi connectivity index (χ0v) is 14.1. The summed E-state index contributed by atoms with van der Waals surface area (Å²) >= 11 is 0. The number of piperidine rings is 1. The lowest BCUT2D eigenvalue weighted by atomic mass is 9.96. The van der Waals surface area contributed by atoms with Gasteiger partial charge in [0.15, 0.2) is 0 Å². The van der Waals surface area contributed by atoms with E-state index in [-0.39, 0.29) is 11.8 Å². The number of nitrogens with one attached hydrogen (secondary N) is 1. The number of ether oxygens (including phenoxy) is 1. The van der Waals surface area contributed by atoms with Crippen molar-refractivity contribution in [3.8, 4) is 5.75 Å². The second-order valence-electron chi connectivity index (χ2n) is 6.15. The third-order valence-corrected chi connectivity index (χ3v) is 4.10. The highest BCUT2D eigenvalue weighted by molar-refractivity contribution is 5.78. The van der Waals surface area contributed by atoms with Crippen LogP contribution in [0.3, 0.4) is 0 Å². The van der Waals surface area contributed by atoms with Crippen LogP contribution in [0.5, 0.6) is 5.75 Å². The molecule has 1 atom stereocenters. The fraction of sp³-hybridized carbons (Fsp3) is 0.611. The lowest BCUT2D eigenvalue weighted by Gasteiger charge is -2.32. The molecule has 5 heteroatoms. The van der Waals surface area contributed by atoms with Gasteiger partial charge in [-0.15, -0.1) is 0 Å². The molecule has 0 radical (unpaired) electrons. The van der Waals surface area contributed by atoms with E-state index < -0.39 is 0 Å². The number of hydrogen-bond acceptors (Lipinski definition) is 4. The Kier molecular flexibility index (Phi) is 7.36. The van der Waals surface area contributed by atoms with E-state index in [2.05, 4.69) is 29.3 Å². The largest absolute Gasteiger partial charge is 0.494 e. The summed E-state index contributed by atoms with van der Waals surface area (Å²) in [5.74, 6) is 1.15. The molecule has 3 N–H and O–H groups in total. The highest BCUT2D eigenvalue weighted by Gasteiger charge is 2.25. The molecular formula is C18H29N3O2. The summed E-state index contributed by atoms with van der Waals surface area (Å²) in [5, 5.41) is 2.91. The number of nitrogens with zero attached hydrogens (tertiary/aromatic N) is 1. The molecule has 1 amide bonds. The average Bonchev–Trinajstić information content (AvgIpc) is 2.58. The smallest absolute Gasteiger partial charge is 0.224 e. The van der Waals surface area contributed by atoms with E-state index in [4.69, 9.17) is 10.5 Å². The predicted octanol–water partition coefficient (Wildman–Crippen LogP) is 1.76. The molecule has 0 spiro atoms. The van der Waals surface area contributed by atoms with E-state index in [1.54, 1.807) is 0 Å². The van der Waals surface area contributed by atoms with Gasteiger partial charge in [0.1, 0.15) is 5.75 Å². The third-order valence-electron chi connectivity index (χ3n) is 4.10. The number of hydrogen-bond donors (Lipinski definition) is 2. The standard InChI is InChI=1S/C18H29N3O2/c1-2-11-23-17-7-3-5-15(12-17)13-21-10-4-6-16(14-21)18(22)20-9-8-19/h3,5,7,12,16H,2,4,6,8-11,13-14,19H2,1H3,(H,20,22). The molecule has 1 saturated heterocycles. The molecule has 5 nitrogen and oxygen atoms in total. The van der Waals surface area contributed by atoms with Crippen LogP contribution in [-0.4, -0.2) is 43.6 Å². The van der Waals surface area contributed by atoms with E-state index in [0.717, 1.165) is 51.3 Å². The Morgan fingerprint density at radius 1 is 1.48 bits per heavy atom. The van der Waals surface area contributed by atoms with Crippen LogP contribution in [0.25, 0.3) is 0 Å². The monoisotopic (exact) mass is 319 g/mol. The maximum atomic E-state index is 12.1. The Balaban J connectivity index is 1.88. The van der Waals surface area contributed by atoms with Gasteiger partial charge in [-0.3, -0.25) is 9.69 Å². The molecule has 1 aromatic rings. The number of amides is 1.